The Hall–Kier alpha value is -0.860. The van der Waals surface area contributed by atoms with E-state index in [0.29, 0.717) is 12.5 Å². The lowest BCUT2D eigenvalue weighted by molar-refractivity contribution is -0.0765. The third-order valence-electron chi connectivity index (χ3n) is 6.04. The average Bonchev–Trinajstić information content (AvgIpc) is 2.89. The molecule has 1 saturated carbocycles. The number of rotatable bonds is 3. The summed E-state index contributed by atoms with van der Waals surface area (Å²) in [4.78, 5) is 0. The fourth-order valence-corrected chi connectivity index (χ4v) is 4.99. The second kappa shape index (κ2) is 5.16. The van der Waals surface area contributed by atoms with E-state index in [9.17, 15) is 5.11 Å². The van der Waals surface area contributed by atoms with E-state index in [4.69, 9.17) is 5.73 Å². The van der Waals surface area contributed by atoms with Gasteiger partial charge in [0, 0.05) is 12.0 Å². The Bertz CT molecular complexity index is 486. The summed E-state index contributed by atoms with van der Waals surface area (Å²) >= 11 is 0. The molecule has 0 amide bonds. The van der Waals surface area contributed by atoms with Crippen molar-refractivity contribution in [2.45, 2.75) is 62.9 Å². The predicted molar refractivity (Wildman–Crippen MR) is 82.7 cm³/mol. The Kier molecular flexibility index (Phi) is 3.64. The van der Waals surface area contributed by atoms with Gasteiger partial charge in [-0.15, -0.1) is 0 Å². The van der Waals surface area contributed by atoms with Crippen molar-refractivity contribution in [3.8, 4) is 0 Å². The van der Waals surface area contributed by atoms with Crippen LogP contribution in [0.2, 0.25) is 0 Å². The molecule has 0 spiro atoms. The molecule has 110 valence electrons. The molecule has 0 heterocycles. The summed E-state index contributed by atoms with van der Waals surface area (Å²) in [5, 5.41) is 11.6. The Morgan fingerprint density at radius 3 is 2.80 bits per heavy atom. The molecule has 2 nitrogen and oxygen atoms in total. The number of hydrogen-bond donors (Lipinski definition) is 2. The van der Waals surface area contributed by atoms with Gasteiger partial charge in [-0.25, -0.2) is 0 Å². The molecule has 1 fully saturated rings. The Balaban J connectivity index is 2.13. The topological polar surface area (TPSA) is 46.2 Å². The molecule has 3 N–H and O–H groups in total. The fourth-order valence-electron chi connectivity index (χ4n) is 4.99. The van der Waals surface area contributed by atoms with Gasteiger partial charge in [-0.2, -0.15) is 0 Å². The Morgan fingerprint density at radius 1 is 1.25 bits per heavy atom. The monoisotopic (exact) mass is 273 g/mol. The van der Waals surface area contributed by atoms with Crippen molar-refractivity contribution in [1.29, 1.82) is 0 Å². The van der Waals surface area contributed by atoms with Gasteiger partial charge in [0.25, 0.3) is 0 Å². The minimum Gasteiger partial charge on any atom is -0.389 e. The summed E-state index contributed by atoms with van der Waals surface area (Å²) in [5.74, 6) is 0.400. The lowest BCUT2D eigenvalue weighted by Crippen LogP contribution is -2.59. The fraction of sp³-hybridized carbons (Fsp3) is 0.667. The minimum atomic E-state index is -0.604. The largest absolute Gasteiger partial charge is 0.389 e. The van der Waals surface area contributed by atoms with E-state index in [1.54, 1.807) is 0 Å². The van der Waals surface area contributed by atoms with Crippen LogP contribution in [0, 0.1) is 5.92 Å². The smallest absolute Gasteiger partial charge is 0.0784 e. The number of fused-ring (bicyclic) bond motifs is 1. The molecule has 0 radical (unpaired) electrons. The summed E-state index contributed by atoms with van der Waals surface area (Å²) in [6.45, 7) is 2.77. The maximum Gasteiger partial charge on any atom is 0.0784 e. The maximum absolute atomic E-state index is 11.6. The van der Waals surface area contributed by atoms with Crippen LogP contribution < -0.4 is 5.73 Å². The van der Waals surface area contributed by atoms with Crippen LogP contribution in [-0.4, -0.2) is 17.3 Å². The highest BCUT2D eigenvalue weighted by molar-refractivity contribution is 5.41. The van der Waals surface area contributed by atoms with Gasteiger partial charge in [0.1, 0.15) is 0 Å². The van der Waals surface area contributed by atoms with Crippen LogP contribution in [0.25, 0.3) is 0 Å². The second-order valence-corrected chi connectivity index (χ2v) is 6.72. The Morgan fingerprint density at radius 2 is 2.05 bits per heavy atom. The minimum absolute atomic E-state index is 0.223. The highest BCUT2D eigenvalue weighted by Crippen LogP contribution is 2.54. The van der Waals surface area contributed by atoms with Crippen LogP contribution in [0.1, 0.15) is 56.6 Å². The molecule has 20 heavy (non-hydrogen) atoms. The number of aliphatic hydroxyl groups is 1. The normalized spacial score (nSPS) is 36.9. The van der Waals surface area contributed by atoms with Gasteiger partial charge in [-0.05, 0) is 49.1 Å². The van der Waals surface area contributed by atoms with Crippen molar-refractivity contribution >= 4 is 0 Å². The van der Waals surface area contributed by atoms with Crippen molar-refractivity contribution in [1.82, 2.24) is 0 Å². The van der Waals surface area contributed by atoms with E-state index in [0.717, 1.165) is 44.9 Å². The van der Waals surface area contributed by atoms with Crippen LogP contribution in [0.4, 0.5) is 0 Å². The highest BCUT2D eigenvalue weighted by atomic mass is 16.3. The molecule has 3 unspecified atom stereocenters. The maximum atomic E-state index is 11.6. The first-order valence-corrected chi connectivity index (χ1v) is 8.19. The average molecular weight is 273 g/mol. The molecule has 3 rings (SSSR count). The molecule has 1 aromatic rings. The lowest BCUT2D eigenvalue weighted by Gasteiger charge is -2.51. The van der Waals surface area contributed by atoms with Gasteiger partial charge in [-0.1, -0.05) is 44.0 Å². The zero-order chi connectivity index (χ0) is 14.2. The first kappa shape index (κ1) is 14.1. The molecule has 1 aromatic carbocycles. The summed E-state index contributed by atoms with van der Waals surface area (Å²) < 4.78 is 0. The Labute approximate surface area is 122 Å². The van der Waals surface area contributed by atoms with Crippen LogP contribution in [0.5, 0.6) is 0 Å². The first-order valence-electron chi connectivity index (χ1n) is 8.19. The predicted octanol–water partition coefficient (Wildman–Crippen LogP) is 3.16. The number of nitrogens with two attached hydrogens (primary N) is 1. The van der Waals surface area contributed by atoms with E-state index in [1.165, 1.54) is 11.1 Å². The van der Waals surface area contributed by atoms with Gasteiger partial charge in [0.2, 0.25) is 0 Å². The summed E-state index contributed by atoms with van der Waals surface area (Å²) in [6.07, 6.45) is 7.57. The standard InChI is InChI=1S/C18H27NO/c1-2-15-9-6-12-18(15,20)17(13-19)11-5-8-14-7-3-4-10-16(14)17/h3-4,7,10,15,20H,2,5-6,8-9,11-13,19H2,1H3. The summed E-state index contributed by atoms with van der Waals surface area (Å²) in [5.41, 5.74) is 8.18. The van der Waals surface area contributed by atoms with Crippen molar-refractivity contribution in [3.63, 3.8) is 0 Å². The molecule has 2 aliphatic carbocycles. The molecule has 2 aliphatic rings. The number of benzene rings is 1. The molecule has 2 heteroatoms. The van der Waals surface area contributed by atoms with E-state index >= 15 is 0 Å². The van der Waals surface area contributed by atoms with Gasteiger partial charge in [-0.3, -0.25) is 0 Å². The zero-order valence-electron chi connectivity index (χ0n) is 12.6. The van der Waals surface area contributed by atoms with Crippen molar-refractivity contribution in [3.05, 3.63) is 35.4 Å². The third-order valence-corrected chi connectivity index (χ3v) is 6.04. The van der Waals surface area contributed by atoms with E-state index < -0.39 is 5.60 Å². The quantitative estimate of drug-likeness (QED) is 0.888. The molecule has 0 saturated heterocycles. The van der Waals surface area contributed by atoms with Gasteiger partial charge < -0.3 is 10.8 Å². The summed E-state index contributed by atoms with van der Waals surface area (Å²) in [6, 6.07) is 8.65. The zero-order valence-corrected chi connectivity index (χ0v) is 12.6. The highest BCUT2D eigenvalue weighted by Gasteiger charge is 2.57. The second-order valence-electron chi connectivity index (χ2n) is 6.72. The molecule has 0 bridgehead atoms. The van der Waals surface area contributed by atoms with E-state index in [1.807, 2.05) is 0 Å². The molecular formula is C18H27NO. The molecule has 3 atom stereocenters. The van der Waals surface area contributed by atoms with Gasteiger partial charge in [0.15, 0.2) is 0 Å². The van der Waals surface area contributed by atoms with Crippen molar-refractivity contribution in [2.75, 3.05) is 6.54 Å². The van der Waals surface area contributed by atoms with Crippen LogP contribution >= 0.6 is 0 Å². The number of hydrogen-bond acceptors (Lipinski definition) is 2. The van der Waals surface area contributed by atoms with E-state index in [-0.39, 0.29) is 5.41 Å². The molecule has 0 aromatic heterocycles. The van der Waals surface area contributed by atoms with Crippen LogP contribution in [-0.2, 0) is 11.8 Å². The SMILES string of the molecule is CCC1CCCC1(O)C1(CN)CCCc2ccccc21. The molecular weight excluding hydrogens is 246 g/mol. The molecule has 0 aliphatic heterocycles. The van der Waals surface area contributed by atoms with Crippen LogP contribution in [0.15, 0.2) is 24.3 Å². The first-order chi connectivity index (χ1) is 9.68. The van der Waals surface area contributed by atoms with Crippen molar-refractivity contribution in [2.24, 2.45) is 11.7 Å². The van der Waals surface area contributed by atoms with Gasteiger partial charge in [0.05, 0.1) is 5.60 Å². The third kappa shape index (κ3) is 1.78. The summed E-state index contributed by atoms with van der Waals surface area (Å²) in [7, 11) is 0. The van der Waals surface area contributed by atoms with Crippen molar-refractivity contribution < 1.29 is 5.11 Å². The van der Waals surface area contributed by atoms with Gasteiger partial charge >= 0.3 is 0 Å². The lowest BCUT2D eigenvalue weighted by atomic mass is 9.57. The van der Waals surface area contributed by atoms with Crippen LogP contribution in [0.3, 0.4) is 0 Å². The number of aryl methyl sites for hydroxylation is 1. The van der Waals surface area contributed by atoms with E-state index in [2.05, 4.69) is 31.2 Å².